The minimum Gasteiger partial charge on any atom is -0.383 e. The molecule has 0 unspecified atom stereocenters. The summed E-state index contributed by atoms with van der Waals surface area (Å²) < 4.78 is 17.7. The Balaban J connectivity index is 0.00000361. The molecule has 0 spiro atoms. The summed E-state index contributed by atoms with van der Waals surface area (Å²) in [4.78, 5) is 4.36. The van der Waals surface area contributed by atoms with Gasteiger partial charge in [0.25, 0.3) is 0 Å². The molecule has 0 aromatic heterocycles. The summed E-state index contributed by atoms with van der Waals surface area (Å²) in [6, 6.07) is 6.55. The van der Waals surface area contributed by atoms with Crippen molar-refractivity contribution in [1.29, 1.82) is 0 Å². The Morgan fingerprint density at radius 3 is 2.55 bits per heavy atom. The summed E-state index contributed by atoms with van der Waals surface area (Å²) in [5, 5.41) is 6.39. The average molecular weight is 395 g/mol. The summed E-state index contributed by atoms with van der Waals surface area (Å²) in [5.74, 6) is 0.577. The third-order valence-corrected chi connectivity index (χ3v) is 2.53. The van der Waals surface area contributed by atoms with E-state index in [2.05, 4.69) is 15.6 Å². The Bertz CT molecular complexity index is 385. The highest BCUT2D eigenvalue weighted by molar-refractivity contribution is 14.0. The zero-order valence-corrected chi connectivity index (χ0v) is 14.3. The molecule has 0 heterocycles. The maximum atomic E-state index is 12.8. The van der Waals surface area contributed by atoms with Gasteiger partial charge in [0.05, 0.1) is 13.2 Å². The predicted octanol–water partition coefficient (Wildman–Crippen LogP) is 2.19. The molecule has 0 aliphatic rings. The number of benzene rings is 1. The number of hydrogen-bond donors (Lipinski definition) is 2. The molecule has 114 valence electrons. The molecule has 2 N–H and O–H groups in total. The van der Waals surface area contributed by atoms with Crippen LogP contribution in [0.2, 0.25) is 0 Å². The van der Waals surface area contributed by atoms with Crippen LogP contribution in [0.25, 0.3) is 0 Å². The molecule has 0 atom stereocenters. The number of rotatable bonds is 7. The highest BCUT2D eigenvalue weighted by Crippen LogP contribution is 2.02. The molecule has 0 amide bonds. The molecule has 0 saturated carbocycles. The standard InChI is InChI=1S/C14H22FN3O.HI/c1-3-16-14(18-10-11-19-2)17-9-8-12-4-6-13(15)7-5-12;/h4-7H,3,8-11H2,1-2H3,(H2,16,17,18);1H. The van der Waals surface area contributed by atoms with Gasteiger partial charge in [0, 0.05) is 20.2 Å². The van der Waals surface area contributed by atoms with E-state index < -0.39 is 0 Å². The quantitative estimate of drug-likeness (QED) is 0.322. The Labute approximate surface area is 137 Å². The molecule has 0 aliphatic heterocycles. The zero-order chi connectivity index (χ0) is 13.9. The van der Waals surface area contributed by atoms with Gasteiger partial charge in [-0.2, -0.15) is 0 Å². The monoisotopic (exact) mass is 395 g/mol. The van der Waals surface area contributed by atoms with Crippen molar-refractivity contribution >= 4 is 29.9 Å². The highest BCUT2D eigenvalue weighted by Gasteiger charge is 1.98. The van der Waals surface area contributed by atoms with Crippen molar-refractivity contribution < 1.29 is 9.13 Å². The second-order valence-corrected chi connectivity index (χ2v) is 4.06. The van der Waals surface area contributed by atoms with Crippen molar-refractivity contribution in [2.24, 2.45) is 4.99 Å². The summed E-state index contributed by atoms with van der Waals surface area (Å²) in [6.07, 6.45) is 0.828. The lowest BCUT2D eigenvalue weighted by molar-refractivity contribution is 0.208. The summed E-state index contributed by atoms with van der Waals surface area (Å²) in [5.41, 5.74) is 1.10. The van der Waals surface area contributed by atoms with Crippen LogP contribution in [0.15, 0.2) is 29.3 Å². The van der Waals surface area contributed by atoms with Gasteiger partial charge in [-0.3, -0.25) is 4.99 Å². The van der Waals surface area contributed by atoms with E-state index >= 15 is 0 Å². The van der Waals surface area contributed by atoms with E-state index in [0.717, 1.165) is 31.0 Å². The van der Waals surface area contributed by atoms with Crippen molar-refractivity contribution in [2.45, 2.75) is 13.3 Å². The SMILES string of the molecule is CCNC(=NCCOC)NCCc1ccc(F)cc1.I. The number of guanidine groups is 1. The van der Waals surface area contributed by atoms with Gasteiger partial charge in [0.15, 0.2) is 5.96 Å². The smallest absolute Gasteiger partial charge is 0.191 e. The first-order chi connectivity index (χ1) is 9.26. The molecular weight excluding hydrogens is 372 g/mol. The molecule has 0 radical (unpaired) electrons. The number of halogens is 2. The summed E-state index contributed by atoms with van der Waals surface area (Å²) in [6.45, 7) is 4.82. The van der Waals surface area contributed by atoms with Crippen molar-refractivity contribution in [1.82, 2.24) is 10.6 Å². The Morgan fingerprint density at radius 2 is 1.95 bits per heavy atom. The van der Waals surface area contributed by atoms with E-state index in [1.54, 1.807) is 19.2 Å². The van der Waals surface area contributed by atoms with Gasteiger partial charge in [0.1, 0.15) is 5.82 Å². The van der Waals surface area contributed by atoms with Gasteiger partial charge in [0.2, 0.25) is 0 Å². The molecule has 20 heavy (non-hydrogen) atoms. The predicted molar refractivity (Wildman–Crippen MR) is 91.4 cm³/mol. The first-order valence-corrected chi connectivity index (χ1v) is 6.51. The lowest BCUT2D eigenvalue weighted by atomic mass is 10.1. The Morgan fingerprint density at radius 1 is 1.25 bits per heavy atom. The third kappa shape index (κ3) is 8.31. The van der Waals surface area contributed by atoms with Crippen LogP contribution in [-0.4, -0.2) is 39.3 Å². The van der Waals surface area contributed by atoms with Gasteiger partial charge < -0.3 is 15.4 Å². The Hall–Kier alpha value is -0.890. The number of nitrogens with one attached hydrogen (secondary N) is 2. The number of hydrogen-bond acceptors (Lipinski definition) is 2. The van der Waals surface area contributed by atoms with Crippen LogP contribution in [0.4, 0.5) is 4.39 Å². The lowest BCUT2D eigenvalue weighted by Crippen LogP contribution is -2.38. The van der Waals surface area contributed by atoms with Crippen LogP contribution in [0.5, 0.6) is 0 Å². The molecule has 1 aromatic carbocycles. The first kappa shape index (κ1) is 19.1. The average Bonchev–Trinajstić information content (AvgIpc) is 2.41. The normalized spacial score (nSPS) is 10.8. The van der Waals surface area contributed by atoms with Crippen molar-refractivity contribution in [2.75, 3.05) is 33.4 Å². The van der Waals surface area contributed by atoms with E-state index in [4.69, 9.17) is 4.74 Å². The van der Waals surface area contributed by atoms with Gasteiger partial charge in [-0.05, 0) is 31.0 Å². The van der Waals surface area contributed by atoms with Crippen molar-refractivity contribution in [3.8, 4) is 0 Å². The molecule has 0 bridgehead atoms. The minimum absolute atomic E-state index is 0. The van der Waals surface area contributed by atoms with Gasteiger partial charge in [-0.15, -0.1) is 24.0 Å². The van der Waals surface area contributed by atoms with Crippen LogP contribution in [0.3, 0.4) is 0 Å². The highest BCUT2D eigenvalue weighted by atomic mass is 127. The summed E-state index contributed by atoms with van der Waals surface area (Å²) in [7, 11) is 1.66. The van der Waals surface area contributed by atoms with Crippen LogP contribution in [-0.2, 0) is 11.2 Å². The maximum absolute atomic E-state index is 12.8. The molecule has 0 saturated heterocycles. The van der Waals surface area contributed by atoms with Crippen LogP contribution in [0.1, 0.15) is 12.5 Å². The van der Waals surface area contributed by atoms with Crippen molar-refractivity contribution in [3.63, 3.8) is 0 Å². The second kappa shape index (κ2) is 11.9. The van der Waals surface area contributed by atoms with E-state index in [1.807, 2.05) is 6.92 Å². The van der Waals surface area contributed by atoms with Gasteiger partial charge in [-0.1, -0.05) is 12.1 Å². The van der Waals surface area contributed by atoms with E-state index in [0.29, 0.717) is 13.2 Å². The number of ether oxygens (including phenoxy) is 1. The minimum atomic E-state index is -0.203. The van der Waals surface area contributed by atoms with Gasteiger partial charge in [-0.25, -0.2) is 4.39 Å². The van der Waals surface area contributed by atoms with Crippen LogP contribution >= 0.6 is 24.0 Å². The Kier molecular flexibility index (Phi) is 11.4. The lowest BCUT2D eigenvalue weighted by Gasteiger charge is -2.11. The molecule has 0 fully saturated rings. The molecule has 6 heteroatoms. The molecule has 1 aromatic rings. The second-order valence-electron chi connectivity index (χ2n) is 4.06. The fourth-order valence-electron chi connectivity index (χ4n) is 1.57. The first-order valence-electron chi connectivity index (χ1n) is 6.51. The fraction of sp³-hybridized carbons (Fsp3) is 0.500. The molecular formula is C14H23FIN3O. The number of methoxy groups -OCH3 is 1. The molecule has 0 aliphatic carbocycles. The van der Waals surface area contributed by atoms with Crippen molar-refractivity contribution in [3.05, 3.63) is 35.6 Å². The fourth-order valence-corrected chi connectivity index (χ4v) is 1.57. The zero-order valence-electron chi connectivity index (χ0n) is 12.0. The van der Waals surface area contributed by atoms with E-state index in [9.17, 15) is 4.39 Å². The maximum Gasteiger partial charge on any atom is 0.191 e. The topological polar surface area (TPSA) is 45.7 Å². The molecule has 4 nitrogen and oxygen atoms in total. The van der Waals surface area contributed by atoms with Crippen LogP contribution < -0.4 is 10.6 Å². The van der Waals surface area contributed by atoms with E-state index in [1.165, 1.54) is 12.1 Å². The largest absolute Gasteiger partial charge is 0.383 e. The molecule has 1 rings (SSSR count). The van der Waals surface area contributed by atoms with Crippen LogP contribution in [0, 0.1) is 5.82 Å². The third-order valence-electron chi connectivity index (χ3n) is 2.53. The number of aliphatic imine (C=N–C) groups is 1. The van der Waals surface area contributed by atoms with E-state index in [-0.39, 0.29) is 29.8 Å². The summed E-state index contributed by atoms with van der Waals surface area (Å²) >= 11 is 0. The number of nitrogens with zero attached hydrogens (tertiary/aromatic N) is 1. The van der Waals surface area contributed by atoms with Gasteiger partial charge >= 0.3 is 0 Å².